The molecule has 0 spiro atoms. The molecule has 1 aliphatic rings. The van der Waals surface area contributed by atoms with Crippen molar-refractivity contribution in [3.05, 3.63) is 11.6 Å². The molecule has 0 radical (unpaired) electrons. The number of aromatic amines is 1. The third-order valence-electron chi connectivity index (χ3n) is 2.67. The molecule has 0 aliphatic heterocycles. The number of hydrogen-bond acceptors (Lipinski definition) is 4. The first-order chi connectivity index (χ1) is 8.08. The second-order valence-corrected chi connectivity index (χ2v) is 4.19. The number of carbonyl (C=O) groups is 2. The van der Waals surface area contributed by atoms with Gasteiger partial charge in [-0.2, -0.15) is 0 Å². The fourth-order valence-corrected chi connectivity index (χ4v) is 1.44. The van der Waals surface area contributed by atoms with Gasteiger partial charge in [-0.1, -0.05) is 0 Å². The Hall–Kier alpha value is -1.92. The summed E-state index contributed by atoms with van der Waals surface area (Å²) in [6.45, 7) is 0.154. The van der Waals surface area contributed by atoms with Crippen LogP contribution in [0.1, 0.15) is 41.6 Å². The van der Waals surface area contributed by atoms with Crippen LogP contribution in [0.3, 0.4) is 0 Å². The highest BCUT2D eigenvalue weighted by atomic mass is 16.4. The van der Waals surface area contributed by atoms with Crippen molar-refractivity contribution in [3.63, 3.8) is 0 Å². The monoisotopic (exact) mass is 238 g/mol. The summed E-state index contributed by atoms with van der Waals surface area (Å²) in [6.07, 6.45) is 2.08. The van der Waals surface area contributed by atoms with E-state index >= 15 is 0 Å². The van der Waals surface area contributed by atoms with Crippen molar-refractivity contribution in [1.29, 1.82) is 0 Å². The van der Waals surface area contributed by atoms with E-state index in [0.29, 0.717) is 5.92 Å². The molecule has 0 saturated heterocycles. The number of aliphatic carboxylic acids is 1. The Bertz CT molecular complexity index is 439. The standard InChI is InChI=1S/C10H14N4O3/c1-14(5-4-7(15)16)10(17)9-11-8(12-13-9)6-2-3-6/h6H,2-5H2,1H3,(H,15,16)(H,11,12,13). The van der Waals surface area contributed by atoms with Gasteiger partial charge in [0, 0.05) is 19.5 Å². The van der Waals surface area contributed by atoms with Gasteiger partial charge in [-0.05, 0) is 12.8 Å². The van der Waals surface area contributed by atoms with Crippen LogP contribution in [-0.4, -0.2) is 50.7 Å². The molecule has 1 aromatic rings. The Kier molecular flexibility index (Phi) is 3.08. The van der Waals surface area contributed by atoms with Crippen LogP contribution in [0.5, 0.6) is 0 Å². The number of carboxylic acids is 1. The summed E-state index contributed by atoms with van der Waals surface area (Å²) < 4.78 is 0. The third kappa shape index (κ3) is 2.80. The average molecular weight is 238 g/mol. The Morgan fingerprint density at radius 3 is 2.82 bits per heavy atom. The number of nitrogens with zero attached hydrogens (tertiary/aromatic N) is 3. The van der Waals surface area contributed by atoms with Gasteiger partial charge in [0.25, 0.3) is 5.91 Å². The van der Waals surface area contributed by atoms with Crippen LogP contribution in [0.15, 0.2) is 0 Å². The first-order valence-electron chi connectivity index (χ1n) is 5.47. The Labute approximate surface area is 97.8 Å². The molecule has 1 heterocycles. The van der Waals surface area contributed by atoms with Gasteiger partial charge in [-0.15, -0.1) is 5.10 Å². The predicted octanol–water partition coefficient (Wildman–Crippen LogP) is 0.229. The van der Waals surface area contributed by atoms with E-state index in [9.17, 15) is 9.59 Å². The van der Waals surface area contributed by atoms with E-state index in [1.165, 1.54) is 4.90 Å². The number of H-pyrrole nitrogens is 1. The van der Waals surface area contributed by atoms with E-state index < -0.39 is 5.97 Å². The fourth-order valence-electron chi connectivity index (χ4n) is 1.44. The molecule has 1 saturated carbocycles. The number of nitrogens with one attached hydrogen (secondary N) is 1. The van der Waals surface area contributed by atoms with Crippen molar-refractivity contribution in [3.8, 4) is 0 Å². The highest BCUT2D eigenvalue weighted by Gasteiger charge is 2.28. The van der Waals surface area contributed by atoms with Crippen LogP contribution < -0.4 is 0 Å². The highest BCUT2D eigenvalue weighted by molar-refractivity contribution is 5.90. The first kappa shape index (κ1) is 11.6. The second kappa shape index (κ2) is 4.52. The summed E-state index contributed by atoms with van der Waals surface area (Å²) in [6, 6.07) is 0. The molecule has 1 amide bonds. The molecule has 0 atom stereocenters. The number of amides is 1. The molecule has 2 rings (SSSR count). The van der Waals surface area contributed by atoms with Crippen LogP contribution in [0.25, 0.3) is 0 Å². The number of rotatable bonds is 5. The topological polar surface area (TPSA) is 99.2 Å². The van der Waals surface area contributed by atoms with Gasteiger partial charge in [-0.3, -0.25) is 14.7 Å². The summed E-state index contributed by atoms with van der Waals surface area (Å²) in [5, 5.41) is 15.1. The number of carbonyl (C=O) groups excluding carboxylic acids is 1. The molecule has 0 unspecified atom stereocenters. The Morgan fingerprint density at radius 2 is 2.24 bits per heavy atom. The van der Waals surface area contributed by atoms with Gasteiger partial charge in [0.15, 0.2) is 0 Å². The van der Waals surface area contributed by atoms with E-state index in [0.717, 1.165) is 18.7 Å². The van der Waals surface area contributed by atoms with Crippen LogP contribution >= 0.6 is 0 Å². The van der Waals surface area contributed by atoms with Crippen molar-refractivity contribution in [2.75, 3.05) is 13.6 Å². The normalized spacial score (nSPS) is 14.6. The average Bonchev–Trinajstić information content (AvgIpc) is 3.03. The number of hydrogen-bond donors (Lipinski definition) is 2. The van der Waals surface area contributed by atoms with E-state index in [4.69, 9.17) is 5.11 Å². The highest BCUT2D eigenvalue weighted by Crippen LogP contribution is 2.37. The van der Waals surface area contributed by atoms with Crippen LogP contribution in [-0.2, 0) is 4.79 Å². The summed E-state index contributed by atoms with van der Waals surface area (Å²) in [5.41, 5.74) is 0. The van der Waals surface area contributed by atoms with E-state index in [-0.39, 0.29) is 24.7 Å². The smallest absolute Gasteiger partial charge is 0.305 e. The van der Waals surface area contributed by atoms with E-state index in [1.54, 1.807) is 7.05 Å². The lowest BCUT2D eigenvalue weighted by Crippen LogP contribution is -2.29. The molecule has 1 fully saturated rings. The van der Waals surface area contributed by atoms with Gasteiger partial charge in [-0.25, -0.2) is 4.98 Å². The van der Waals surface area contributed by atoms with Crippen molar-refractivity contribution < 1.29 is 14.7 Å². The Morgan fingerprint density at radius 1 is 1.53 bits per heavy atom. The maximum absolute atomic E-state index is 11.8. The number of aromatic nitrogens is 3. The molecule has 0 aromatic carbocycles. The summed E-state index contributed by atoms with van der Waals surface area (Å²) in [4.78, 5) is 27.6. The quantitative estimate of drug-likeness (QED) is 0.764. The number of carboxylic acid groups (broad SMARTS) is 1. The summed E-state index contributed by atoms with van der Waals surface area (Å²) in [5.74, 6) is -0.0131. The van der Waals surface area contributed by atoms with Gasteiger partial charge in [0.05, 0.1) is 6.42 Å². The minimum atomic E-state index is -0.932. The maximum atomic E-state index is 11.8. The van der Waals surface area contributed by atoms with E-state index in [2.05, 4.69) is 15.2 Å². The molecular formula is C10H14N4O3. The van der Waals surface area contributed by atoms with Crippen molar-refractivity contribution in [2.45, 2.75) is 25.2 Å². The molecule has 17 heavy (non-hydrogen) atoms. The van der Waals surface area contributed by atoms with Crippen molar-refractivity contribution in [1.82, 2.24) is 20.1 Å². The largest absolute Gasteiger partial charge is 0.481 e. The maximum Gasteiger partial charge on any atom is 0.305 e. The van der Waals surface area contributed by atoms with Crippen LogP contribution in [0.2, 0.25) is 0 Å². The van der Waals surface area contributed by atoms with Gasteiger partial charge in [0.2, 0.25) is 5.82 Å². The molecule has 2 N–H and O–H groups in total. The molecule has 7 heteroatoms. The van der Waals surface area contributed by atoms with Gasteiger partial charge in [0.1, 0.15) is 5.82 Å². The zero-order valence-electron chi connectivity index (χ0n) is 9.51. The van der Waals surface area contributed by atoms with Gasteiger partial charge < -0.3 is 10.0 Å². The molecule has 1 aromatic heterocycles. The SMILES string of the molecule is CN(CCC(=O)O)C(=O)c1n[nH]c(C2CC2)n1. The van der Waals surface area contributed by atoms with E-state index in [1.807, 2.05) is 0 Å². The third-order valence-corrected chi connectivity index (χ3v) is 2.67. The van der Waals surface area contributed by atoms with Gasteiger partial charge >= 0.3 is 5.97 Å². The Balaban J connectivity index is 1.95. The molecular weight excluding hydrogens is 224 g/mol. The first-order valence-corrected chi connectivity index (χ1v) is 5.47. The summed E-state index contributed by atoms with van der Waals surface area (Å²) >= 11 is 0. The zero-order valence-corrected chi connectivity index (χ0v) is 9.51. The minimum absolute atomic E-state index is 0.0812. The molecule has 92 valence electrons. The summed E-state index contributed by atoms with van der Waals surface area (Å²) in [7, 11) is 1.54. The minimum Gasteiger partial charge on any atom is -0.481 e. The predicted molar refractivity (Wildman–Crippen MR) is 57.6 cm³/mol. The van der Waals surface area contributed by atoms with Crippen LogP contribution in [0, 0.1) is 0 Å². The molecule has 1 aliphatic carbocycles. The zero-order chi connectivity index (χ0) is 12.4. The molecule has 7 nitrogen and oxygen atoms in total. The lowest BCUT2D eigenvalue weighted by molar-refractivity contribution is -0.137. The lowest BCUT2D eigenvalue weighted by Gasteiger charge is -2.13. The lowest BCUT2D eigenvalue weighted by atomic mass is 10.4. The second-order valence-electron chi connectivity index (χ2n) is 4.19. The van der Waals surface area contributed by atoms with Crippen molar-refractivity contribution >= 4 is 11.9 Å². The van der Waals surface area contributed by atoms with Crippen molar-refractivity contribution in [2.24, 2.45) is 0 Å². The molecule has 0 bridgehead atoms. The van der Waals surface area contributed by atoms with Crippen LogP contribution in [0.4, 0.5) is 0 Å². The fraction of sp³-hybridized carbons (Fsp3) is 0.600.